The van der Waals surface area contributed by atoms with Crippen molar-refractivity contribution < 1.29 is 13.2 Å². The minimum Gasteiger partial charge on any atom is -0.368 e. The molecule has 0 bridgehead atoms. The van der Waals surface area contributed by atoms with E-state index in [4.69, 9.17) is 11.6 Å². The van der Waals surface area contributed by atoms with Crippen molar-refractivity contribution in [2.45, 2.75) is 32.0 Å². The molecular formula is C13H17ClF3N3. The Balaban J connectivity index is 2.00. The molecule has 1 aromatic rings. The molecule has 0 saturated carbocycles. The smallest absolute Gasteiger partial charge is 0.368 e. The molecule has 7 heteroatoms. The third kappa shape index (κ3) is 3.99. The fraction of sp³-hybridized carbons (Fsp3) is 0.615. The summed E-state index contributed by atoms with van der Waals surface area (Å²) in [7, 11) is 0. The van der Waals surface area contributed by atoms with Gasteiger partial charge in [-0.1, -0.05) is 11.6 Å². The van der Waals surface area contributed by atoms with Gasteiger partial charge in [0.25, 0.3) is 0 Å². The van der Waals surface area contributed by atoms with E-state index in [9.17, 15) is 13.2 Å². The summed E-state index contributed by atoms with van der Waals surface area (Å²) in [6, 6.07) is 2.08. The van der Waals surface area contributed by atoms with Crippen molar-refractivity contribution in [3.63, 3.8) is 0 Å². The average Bonchev–Trinajstić information content (AvgIpc) is 2.88. The van der Waals surface area contributed by atoms with Gasteiger partial charge >= 0.3 is 6.18 Å². The largest absolute Gasteiger partial charge is 0.416 e. The van der Waals surface area contributed by atoms with Crippen LogP contribution >= 0.6 is 11.6 Å². The van der Waals surface area contributed by atoms with Crippen LogP contribution in [0.3, 0.4) is 0 Å². The molecule has 1 N–H and O–H groups in total. The Morgan fingerprint density at radius 1 is 1.35 bits per heavy atom. The summed E-state index contributed by atoms with van der Waals surface area (Å²) in [6.45, 7) is 4.68. The van der Waals surface area contributed by atoms with Crippen LogP contribution in [0.25, 0.3) is 0 Å². The highest BCUT2D eigenvalue weighted by Gasteiger charge is 2.31. The zero-order chi connectivity index (χ0) is 14.8. The van der Waals surface area contributed by atoms with E-state index in [-0.39, 0.29) is 17.0 Å². The first kappa shape index (κ1) is 15.4. The van der Waals surface area contributed by atoms with E-state index in [0.717, 1.165) is 25.2 Å². The summed E-state index contributed by atoms with van der Waals surface area (Å²) in [5.74, 6) is 0.163. The Morgan fingerprint density at radius 2 is 2.00 bits per heavy atom. The lowest BCUT2D eigenvalue weighted by Gasteiger charge is -2.24. The number of pyridine rings is 1. The zero-order valence-electron chi connectivity index (χ0n) is 11.2. The molecule has 2 heterocycles. The molecule has 0 aliphatic carbocycles. The Morgan fingerprint density at radius 3 is 2.60 bits per heavy atom. The van der Waals surface area contributed by atoms with Crippen LogP contribution in [0.2, 0.25) is 5.15 Å². The number of rotatable bonds is 4. The quantitative estimate of drug-likeness (QED) is 0.861. The first-order valence-corrected chi connectivity index (χ1v) is 6.97. The summed E-state index contributed by atoms with van der Waals surface area (Å²) in [6.07, 6.45) is -2.06. The Labute approximate surface area is 121 Å². The number of hydrogen-bond donors (Lipinski definition) is 1. The maximum atomic E-state index is 12.7. The van der Waals surface area contributed by atoms with Gasteiger partial charge in [-0.2, -0.15) is 13.2 Å². The SMILES string of the molecule is CC(CNc1cc(C(F)(F)F)cc(Cl)n1)N1CCCC1. The summed E-state index contributed by atoms with van der Waals surface area (Å²) in [5.41, 5.74) is -0.783. The molecule has 1 aromatic heterocycles. The Kier molecular flexibility index (Phi) is 4.75. The molecule has 0 aromatic carbocycles. The minimum absolute atomic E-state index is 0.156. The number of nitrogens with zero attached hydrogens (tertiary/aromatic N) is 2. The molecule has 0 spiro atoms. The summed E-state index contributed by atoms with van der Waals surface area (Å²) in [5, 5.41) is 2.78. The lowest BCUT2D eigenvalue weighted by molar-refractivity contribution is -0.137. The number of nitrogens with one attached hydrogen (secondary N) is 1. The molecule has 1 atom stereocenters. The number of hydrogen-bond acceptors (Lipinski definition) is 3. The van der Waals surface area contributed by atoms with E-state index in [1.165, 1.54) is 12.8 Å². The third-order valence-corrected chi connectivity index (χ3v) is 3.66. The number of aromatic nitrogens is 1. The maximum absolute atomic E-state index is 12.7. The molecule has 1 fully saturated rings. The molecular weight excluding hydrogens is 291 g/mol. The van der Waals surface area contributed by atoms with Crippen molar-refractivity contribution in [1.82, 2.24) is 9.88 Å². The highest BCUT2D eigenvalue weighted by atomic mass is 35.5. The number of anilines is 1. The van der Waals surface area contributed by atoms with Crippen LogP contribution in [0, 0.1) is 0 Å². The van der Waals surface area contributed by atoms with Crippen LogP contribution in [0.4, 0.5) is 19.0 Å². The van der Waals surface area contributed by atoms with Crippen molar-refractivity contribution in [2.75, 3.05) is 25.0 Å². The lowest BCUT2D eigenvalue weighted by Crippen LogP contribution is -2.35. The van der Waals surface area contributed by atoms with Gasteiger partial charge in [0.15, 0.2) is 0 Å². The average molecular weight is 308 g/mol. The Bertz CT molecular complexity index is 459. The first-order chi connectivity index (χ1) is 9.36. The molecule has 1 unspecified atom stereocenters. The second-order valence-corrected chi connectivity index (χ2v) is 5.42. The van der Waals surface area contributed by atoms with Crippen LogP contribution < -0.4 is 5.32 Å². The predicted molar refractivity (Wildman–Crippen MR) is 73.0 cm³/mol. The Hall–Kier alpha value is -1.01. The molecule has 20 heavy (non-hydrogen) atoms. The van der Waals surface area contributed by atoms with Crippen molar-refractivity contribution in [3.05, 3.63) is 22.8 Å². The second kappa shape index (κ2) is 6.18. The van der Waals surface area contributed by atoms with Gasteiger partial charge in [-0.05, 0) is 45.0 Å². The first-order valence-electron chi connectivity index (χ1n) is 6.59. The molecule has 1 aliphatic rings. The van der Waals surface area contributed by atoms with E-state index < -0.39 is 11.7 Å². The number of halogens is 4. The van der Waals surface area contributed by atoms with Gasteiger partial charge in [0, 0.05) is 12.6 Å². The van der Waals surface area contributed by atoms with Gasteiger partial charge in [-0.3, -0.25) is 4.90 Å². The van der Waals surface area contributed by atoms with Gasteiger partial charge in [0.05, 0.1) is 5.56 Å². The van der Waals surface area contributed by atoms with Gasteiger partial charge in [0.2, 0.25) is 0 Å². The van der Waals surface area contributed by atoms with Crippen LogP contribution in [0.1, 0.15) is 25.3 Å². The predicted octanol–water partition coefficient (Wildman–Crippen LogP) is 3.65. The molecule has 1 aliphatic heterocycles. The van der Waals surface area contributed by atoms with E-state index in [0.29, 0.717) is 6.54 Å². The summed E-state index contributed by atoms with van der Waals surface area (Å²) < 4.78 is 38.0. The van der Waals surface area contributed by atoms with Crippen LogP contribution in [-0.2, 0) is 6.18 Å². The monoisotopic (exact) mass is 307 g/mol. The van der Waals surface area contributed by atoms with Crippen LogP contribution in [0.15, 0.2) is 12.1 Å². The van der Waals surface area contributed by atoms with E-state index in [2.05, 4.69) is 15.2 Å². The van der Waals surface area contributed by atoms with Gasteiger partial charge in [-0.25, -0.2) is 4.98 Å². The molecule has 3 nitrogen and oxygen atoms in total. The molecule has 112 valence electrons. The lowest BCUT2D eigenvalue weighted by atomic mass is 10.2. The normalized spacial score (nSPS) is 18.2. The molecule has 2 rings (SSSR count). The summed E-state index contributed by atoms with van der Waals surface area (Å²) in [4.78, 5) is 6.19. The van der Waals surface area contributed by atoms with Gasteiger partial charge in [0.1, 0.15) is 11.0 Å². The highest BCUT2D eigenvalue weighted by molar-refractivity contribution is 6.29. The maximum Gasteiger partial charge on any atom is 0.416 e. The van der Waals surface area contributed by atoms with Crippen molar-refractivity contribution in [3.8, 4) is 0 Å². The topological polar surface area (TPSA) is 28.2 Å². The fourth-order valence-electron chi connectivity index (χ4n) is 2.31. The second-order valence-electron chi connectivity index (χ2n) is 5.03. The third-order valence-electron chi connectivity index (χ3n) is 3.46. The zero-order valence-corrected chi connectivity index (χ0v) is 11.9. The van der Waals surface area contributed by atoms with Crippen LogP contribution in [0.5, 0.6) is 0 Å². The minimum atomic E-state index is -4.41. The van der Waals surface area contributed by atoms with Crippen molar-refractivity contribution >= 4 is 17.4 Å². The van der Waals surface area contributed by atoms with Gasteiger partial charge < -0.3 is 5.32 Å². The van der Waals surface area contributed by atoms with Crippen LogP contribution in [-0.4, -0.2) is 35.6 Å². The summed E-state index contributed by atoms with van der Waals surface area (Å²) >= 11 is 5.64. The van der Waals surface area contributed by atoms with Crippen molar-refractivity contribution in [1.29, 1.82) is 0 Å². The van der Waals surface area contributed by atoms with Crippen molar-refractivity contribution in [2.24, 2.45) is 0 Å². The molecule has 1 saturated heterocycles. The van der Waals surface area contributed by atoms with Gasteiger partial charge in [-0.15, -0.1) is 0 Å². The van der Waals surface area contributed by atoms with E-state index in [1.54, 1.807) is 0 Å². The molecule has 0 radical (unpaired) electrons. The number of likely N-dealkylation sites (tertiary alicyclic amines) is 1. The fourth-order valence-corrected chi connectivity index (χ4v) is 2.52. The molecule has 0 amide bonds. The standard InChI is InChI=1S/C13H17ClF3N3/c1-9(20-4-2-3-5-20)8-18-12-7-10(13(15,16)17)6-11(14)19-12/h6-7,9H,2-5,8H2,1H3,(H,18,19). The highest BCUT2D eigenvalue weighted by Crippen LogP contribution is 2.31. The van der Waals surface area contributed by atoms with E-state index >= 15 is 0 Å². The van der Waals surface area contributed by atoms with E-state index in [1.807, 2.05) is 6.92 Å². The number of alkyl halides is 3.